The smallest absolute Gasteiger partial charge is 0.417 e. The first-order valence-corrected chi connectivity index (χ1v) is 4.32. The molecule has 16 heavy (non-hydrogen) atoms. The summed E-state index contributed by atoms with van der Waals surface area (Å²) < 4.78 is 46.9. The van der Waals surface area contributed by atoms with Crippen molar-refractivity contribution in [3.8, 4) is 0 Å². The normalized spacial score (nSPS) is 12.2. The lowest BCUT2D eigenvalue weighted by Gasteiger charge is -2.03. The highest BCUT2D eigenvalue weighted by Gasteiger charge is 2.31. The molecule has 0 fully saturated rings. The van der Waals surface area contributed by atoms with Crippen molar-refractivity contribution < 1.29 is 22.3 Å². The number of fused-ring (bicyclic) bond motifs is 1. The summed E-state index contributed by atoms with van der Waals surface area (Å²) in [5, 5.41) is 0. The van der Waals surface area contributed by atoms with E-state index in [1.807, 2.05) is 0 Å². The molecule has 0 atom stereocenters. The molecule has 0 spiro atoms. The fraction of sp³-hybridized carbons (Fsp3) is 0.333. The molecule has 0 bridgehead atoms. The number of rotatable bonds is 2. The van der Waals surface area contributed by atoms with Gasteiger partial charge in [-0.25, -0.2) is 9.97 Å². The van der Waals surface area contributed by atoms with Crippen molar-refractivity contribution in [3.05, 3.63) is 23.7 Å². The number of methoxy groups -OCH3 is 1. The molecule has 0 amide bonds. The van der Waals surface area contributed by atoms with Gasteiger partial charge in [-0.05, 0) is 6.07 Å². The SMILES string of the molecule is COCc1nc2cc(C(F)(F)F)cnc2o1. The van der Waals surface area contributed by atoms with Gasteiger partial charge in [0.25, 0.3) is 0 Å². The average molecular weight is 232 g/mol. The predicted molar refractivity (Wildman–Crippen MR) is 47.5 cm³/mol. The Morgan fingerprint density at radius 2 is 2.19 bits per heavy atom. The number of pyridine rings is 1. The van der Waals surface area contributed by atoms with Crippen molar-refractivity contribution in [2.75, 3.05) is 7.11 Å². The maximum absolute atomic E-state index is 12.3. The monoisotopic (exact) mass is 232 g/mol. The van der Waals surface area contributed by atoms with E-state index in [-0.39, 0.29) is 23.7 Å². The van der Waals surface area contributed by atoms with Crippen LogP contribution in [0.15, 0.2) is 16.7 Å². The van der Waals surface area contributed by atoms with Crippen LogP contribution in [-0.4, -0.2) is 17.1 Å². The average Bonchev–Trinajstić information content (AvgIpc) is 2.57. The molecule has 4 nitrogen and oxygen atoms in total. The molecular formula is C9H7F3N2O2. The molecule has 0 saturated heterocycles. The van der Waals surface area contributed by atoms with Crippen LogP contribution >= 0.6 is 0 Å². The molecule has 0 radical (unpaired) electrons. The Bertz CT molecular complexity index is 507. The second kappa shape index (κ2) is 3.75. The zero-order valence-corrected chi connectivity index (χ0v) is 8.21. The van der Waals surface area contributed by atoms with Gasteiger partial charge in [-0.2, -0.15) is 13.2 Å². The highest BCUT2D eigenvalue weighted by Crippen LogP contribution is 2.30. The van der Waals surface area contributed by atoms with E-state index in [4.69, 9.17) is 9.15 Å². The Balaban J connectivity index is 2.46. The maximum atomic E-state index is 12.3. The van der Waals surface area contributed by atoms with Crippen molar-refractivity contribution in [2.45, 2.75) is 12.8 Å². The van der Waals surface area contributed by atoms with E-state index in [1.165, 1.54) is 7.11 Å². The molecule has 0 aliphatic heterocycles. The molecule has 0 unspecified atom stereocenters. The summed E-state index contributed by atoms with van der Waals surface area (Å²) in [6.45, 7) is 0.0950. The minimum Gasteiger partial charge on any atom is -0.420 e. The largest absolute Gasteiger partial charge is 0.420 e. The zero-order chi connectivity index (χ0) is 11.8. The second-order valence-corrected chi connectivity index (χ2v) is 3.09. The van der Waals surface area contributed by atoms with Gasteiger partial charge >= 0.3 is 6.18 Å². The molecule has 7 heteroatoms. The van der Waals surface area contributed by atoms with Gasteiger partial charge < -0.3 is 9.15 Å². The van der Waals surface area contributed by atoms with Crippen LogP contribution in [0.1, 0.15) is 11.5 Å². The summed E-state index contributed by atoms with van der Waals surface area (Å²) in [6.07, 6.45) is -3.72. The standard InChI is InChI=1S/C9H7F3N2O2/c1-15-4-7-14-6-2-5(9(10,11)12)3-13-8(6)16-7/h2-3H,4H2,1H3. The molecule has 0 aliphatic carbocycles. The fourth-order valence-corrected chi connectivity index (χ4v) is 1.21. The topological polar surface area (TPSA) is 48.2 Å². The number of oxazole rings is 1. The van der Waals surface area contributed by atoms with E-state index in [1.54, 1.807) is 0 Å². The molecule has 0 aromatic carbocycles. The third kappa shape index (κ3) is 1.99. The Morgan fingerprint density at radius 3 is 2.81 bits per heavy atom. The van der Waals surface area contributed by atoms with Gasteiger partial charge in [0.15, 0.2) is 0 Å². The van der Waals surface area contributed by atoms with Gasteiger partial charge in [-0.1, -0.05) is 0 Å². The van der Waals surface area contributed by atoms with Gasteiger partial charge in [-0.3, -0.25) is 0 Å². The summed E-state index contributed by atoms with van der Waals surface area (Å²) >= 11 is 0. The van der Waals surface area contributed by atoms with Crippen molar-refractivity contribution in [3.63, 3.8) is 0 Å². The van der Waals surface area contributed by atoms with Crippen LogP contribution in [0.3, 0.4) is 0 Å². The third-order valence-corrected chi connectivity index (χ3v) is 1.89. The highest BCUT2D eigenvalue weighted by molar-refractivity contribution is 5.68. The van der Waals surface area contributed by atoms with Crippen molar-refractivity contribution >= 4 is 11.2 Å². The maximum Gasteiger partial charge on any atom is 0.417 e. The Morgan fingerprint density at radius 1 is 1.44 bits per heavy atom. The Labute approximate surface area is 88.1 Å². The quantitative estimate of drug-likeness (QED) is 0.797. The van der Waals surface area contributed by atoms with E-state index in [0.29, 0.717) is 6.20 Å². The molecule has 2 aromatic rings. The minimum atomic E-state index is -4.43. The van der Waals surface area contributed by atoms with Gasteiger partial charge in [0.1, 0.15) is 12.1 Å². The second-order valence-electron chi connectivity index (χ2n) is 3.09. The molecular weight excluding hydrogens is 225 g/mol. The molecule has 0 saturated carbocycles. The third-order valence-electron chi connectivity index (χ3n) is 1.89. The molecule has 86 valence electrons. The van der Waals surface area contributed by atoms with E-state index in [9.17, 15) is 13.2 Å². The van der Waals surface area contributed by atoms with Crippen LogP contribution < -0.4 is 0 Å². The predicted octanol–water partition coefficient (Wildman–Crippen LogP) is 2.39. The van der Waals surface area contributed by atoms with Crippen LogP contribution in [0.4, 0.5) is 13.2 Å². The number of alkyl halides is 3. The van der Waals surface area contributed by atoms with E-state index in [0.717, 1.165) is 6.07 Å². The molecule has 2 aromatic heterocycles. The Kier molecular flexibility index (Phi) is 2.55. The number of hydrogen-bond donors (Lipinski definition) is 0. The van der Waals surface area contributed by atoms with Gasteiger partial charge in [-0.15, -0.1) is 0 Å². The van der Waals surface area contributed by atoms with Crippen molar-refractivity contribution in [1.82, 2.24) is 9.97 Å². The lowest BCUT2D eigenvalue weighted by atomic mass is 10.3. The summed E-state index contributed by atoms with van der Waals surface area (Å²) in [4.78, 5) is 7.37. The number of ether oxygens (including phenoxy) is 1. The molecule has 0 N–H and O–H groups in total. The van der Waals surface area contributed by atoms with E-state index < -0.39 is 11.7 Å². The van der Waals surface area contributed by atoms with E-state index in [2.05, 4.69) is 9.97 Å². The van der Waals surface area contributed by atoms with Gasteiger partial charge in [0.05, 0.1) is 5.56 Å². The minimum absolute atomic E-state index is 0.0695. The number of nitrogens with zero attached hydrogens (tertiary/aromatic N) is 2. The van der Waals surface area contributed by atoms with E-state index >= 15 is 0 Å². The van der Waals surface area contributed by atoms with Crippen LogP contribution in [0.25, 0.3) is 11.2 Å². The van der Waals surface area contributed by atoms with Crippen LogP contribution in [0, 0.1) is 0 Å². The van der Waals surface area contributed by atoms with Gasteiger partial charge in [0, 0.05) is 13.3 Å². The van der Waals surface area contributed by atoms with Crippen molar-refractivity contribution in [2.24, 2.45) is 0 Å². The summed E-state index contributed by atoms with van der Waals surface area (Å²) in [6, 6.07) is 0.894. The van der Waals surface area contributed by atoms with Crippen LogP contribution in [0.2, 0.25) is 0 Å². The lowest BCUT2D eigenvalue weighted by molar-refractivity contribution is -0.137. The first-order chi connectivity index (χ1) is 7.50. The van der Waals surface area contributed by atoms with Crippen LogP contribution in [-0.2, 0) is 17.5 Å². The first-order valence-electron chi connectivity index (χ1n) is 4.32. The first kappa shape index (κ1) is 10.9. The molecule has 2 heterocycles. The zero-order valence-electron chi connectivity index (χ0n) is 8.21. The van der Waals surface area contributed by atoms with Gasteiger partial charge in [0.2, 0.25) is 11.6 Å². The summed E-state index contributed by atoms with van der Waals surface area (Å²) in [7, 11) is 1.43. The van der Waals surface area contributed by atoms with Crippen LogP contribution in [0.5, 0.6) is 0 Å². The van der Waals surface area contributed by atoms with Crippen molar-refractivity contribution in [1.29, 1.82) is 0 Å². The molecule has 2 rings (SSSR count). The lowest BCUT2D eigenvalue weighted by Crippen LogP contribution is -2.04. The number of aromatic nitrogens is 2. The number of halogens is 3. The fourth-order valence-electron chi connectivity index (χ4n) is 1.21. The summed E-state index contributed by atoms with van der Waals surface area (Å²) in [5.41, 5.74) is -0.709. The molecule has 0 aliphatic rings. The highest BCUT2D eigenvalue weighted by atomic mass is 19.4. The Hall–Kier alpha value is -1.63. The number of hydrogen-bond acceptors (Lipinski definition) is 4. The summed E-state index contributed by atoms with van der Waals surface area (Å²) in [5.74, 6) is 0.198.